The molecule has 118 valence electrons. The molecule has 1 aliphatic rings. The number of amides is 1. The van der Waals surface area contributed by atoms with Crippen molar-refractivity contribution in [2.75, 3.05) is 13.3 Å². The Morgan fingerprint density at radius 1 is 1.17 bits per heavy atom. The minimum atomic E-state index is -0.860. The number of nitrogens with one attached hydrogen (secondary N) is 1. The minimum Gasteiger partial charge on any atom is -0.454 e. The molecule has 3 rings (SSSR count). The molecular weight excluding hydrogens is 294 g/mol. The van der Waals surface area contributed by atoms with E-state index in [0.717, 1.165) is 5.56 Å². The number of hydrogen-bond acceptors (Lipinski definition) is 4. The third-order valence-corrected chi connectivity index (χ3v) is 3.48. The molecule has 1 atom stereocenters. The van der Waals surface area contributed by atoms with Crippen molar-refractivity contribution in [2.24, 2.45) is 0 Å². The molecule has 0 aromatic heterocycles. The molecule has 1 amide bonds. The third-order valence-electron chi connectivity index (χ3n) is 3.48. The molecule has 0 unspecified atom stereocenters. The van der Waals surface area contributed by atoms with Crippen LogP contribution in [0.2, 0.25) is 0 Å². The Bertz CT molecular complexity index is 712. The normalized spacial score (nSPS) is 14.0. The Labute approximate surface area is 134 Å². The first-order valence-corrected chi connectivity index (χ1v) is 7.31. The predicted molar refractivity (Wildman–Crippen MR) is 86.0 cm³/mol. The molecule has 0 saturated heterocycles. The largest absolute Gasteiger partial charge is 0.454 e. The fraction of sp³-hybridized carbons (Fsp3) is 0.167. The van der Waals surface area contributed by atoms with Crippen LogP contribution in [-0.4, -0.2) is 24.4 Å². The van der Waals surface area contributed by atoms with Crippen molar-refractivity contribution in [1.82, 2.24) is 5.32 Å². The highest BCUT2D eigenvalue weighted by Gasteiger charge is 2.21. The van der Waals surface area contributed by atoms with E-state index < -0.39 is 6.10 Å². The zero-order valence-corrected chi connectivity index (χ0v) is 12.4. The van der Waals surface area contributed by atoms with Crippen molar-refractivity contribution in [3.05, 3.63) is 65.7 Å². The Morgan fingerprint density at radius 3 is 2.83 bits per heavy atom. The Hall–Kier alpha value is -2.79. The van der Waals surface area contributed by atoms with Gasteiger partial charge in [-0.25, -0.2) is 0 Å². The van der Waals surface area contributed by atoms with Gasteiger partial charge in [0.2, 0.25) is 12.7 Å². The van der Waals surface area contributed by atoms with E-state index in [1.54, 1.807) is 24.3 Å². The molecule has 0 fully saturated rings. The molecule has 5 nitrogen and oxygen atoms in total. The van der Waals surface area contributed by atoms with E-state index in [4.69, 9.17) is 9.47 Å². The summed E-state index contributed by atoms with van der Waals surface area (Å²) in [5.41, 5.74) is 1.54. The molecular formula is C18H17NO4. The number of rotatable bonds is 5. The maximum Gasteiger partial charge on any atom is 0.244 e. The number of aliphatic hydroxyl groups excluding tert-OH is 1. The summed E-state index contributed by atoms with van der Waals surface area (Å²) in [6, 6.07) is 14.8. The van der Waals surface area contributed by atoms with Crippen LogP contribution in [0.25, 0.3) is 6.08 Å². The second kappa shape index (κ2) is 6.98. The second-order valence-corrected chi connectivity index (χ2v) is 5.09. The van der Waals surface area contributed by atoms with Crippen molar-refractivity contribution in [3.63, 3.8) is 0 Å². The van der Waals surface area contributed by atoms with Gasteiger partial charge in [0.05, 0.1) is 0 Å². The van der Waals surface area contributed by atoms with Crippen LogP contribution in [0, 0.1) is 0 Å². The van der Waals surface area contributed by atoms with Crippen LogP contribution in [0.5, 0.6) is 11.5 Å². The number of benzene rings is 2. The summed E-state index contributed by atoms with van der Waals surface area (Å²) in [5.74, 6) is 0.878. The van der Waals surface area contributed by atoms with Gasteiger partial charge in [-0.3, -0.25) is 4.79 Å². The van der Waals surface area contributed by atoms with Gasteiger partial charge in [-0.2, -0.15) is 0 Å². The third kappa shape index (κ3) is 3.70. The lowest BCUT2D eigenvalue weighted by Crippen LogP contribution is -2.26. The standard InChI is InChI=1S/C18H17NO4/c20-15(14-7-4-8-16-18(14)23-12-22-16)11-19-17(21)10-9-13-5-2-1-3-6-13/h1-10,15,20H,11-12H2,(H,19,21)/b10-9+/t15-/m1/s1. The van der Waals surface area contributed by atoms with Crippen LogP contribution in [0.15, 0.2) is 54.6 Å². The lowest BCUT2D eigenvalue weighted by Gasteiger charge is -2.13. The molecule has 1 aliphatic heterocycles. The van der Waals surface area contributed by atoms with Crippen molar-refractivity contribution in [2.45, 2.75) is 6.10 Å². The fourth-order valence-corrected chi connectivity index (χ4v) is 2.32. The Balaban J connectivity index is 1.57. The summed E-state index contributed by atoms with van der Waals surface area (Å²) in [5, 5.41) is 12.9. The maximum atomic E-state index is 11.8. The molecule has 0 radical (unpaired) electrons. The van der Waals surface area contributed by atoms with Crippen LogP contribution in [-0.2, 0) is 4.79 Å². The SMILES string of the molecule is O=C(/C=C/c1ccccc1)NC[C@@H](O)c1cccc2c1OCO2. The summed E-state index contributed by atoms with van der Waals surface area (Å²) in [6.45, 7) is 0.239. The highest BCUT2D eigenvalue weighted by Crippen LogP contribution is 2.38. The quantitative estimate of drug-likeness (QED) is 0.831. The lowest BCUT2D eigenvalue weighted by atomic mass is 10.1. The summed E-state index contributed by atoms with van der Waals surface area (Å²) < 4.78 is 10.6. The number of fused-ring (bicyclic) bond motifs is 1. The number of carbonyl (C=O) groups is 1. The lowest BCUT2D eigenvalue weighted by molar-refractivity contribution is -0.116. The molecule has 2 aromatic rings. The van der Waals surface area contributed by atoms with Gasteiger partial charge < -0.3 is 19.9 Å². The number of carbonyl (C=O) groups excluding carboxylic acids is 1. The Morgan fingerprint density at radius 2 is 2.00 bits per heavy atom. The van der Waals surface area contributed by atoms with Crippen LogP contribution in [0.1, 0.15) is 17.2 Å². The smallest absolute Gasteiger partial charge is 0.244 e. The van der Waals surface area contributed by atoms with Crippen LogP contribution < -0.4 is 14.8 Å². The topological polar surface area (TPSA) is 67.8 Å². The highest BCUT2D eigenvalue weighted by atomic mass is 16.7. The molecule has 2 aromatic carbocycles. The van der Waals surface area contributed by atoms with Crippen LogP contribution >= 0.6 is 0 Å². The van der Waals surface area contributed by atoms with E-state index in [2.05, 4.69) is 5.32 Å². The summed E-state index contributed by atoms with van der Waals surface area (Å²) in [4.78, 5) is 11.8. The second-order valence-electron chi connectivity index (χ2n) is 5.09. The van der Waals surface area contributed by atoms with E-state index in [1.807, 2.05) is 30.3 Å². The first-order chi connectivity index (χ1) is 11.2. The van der Waals surface area contributed by atoms with Gasteiger partial charge in [0.25, 0.3) is 0 Å². The van der Waals surface area contributed by atoms with Gasteiger partial charge in [-0.15, -0.1) is 0 Å². The number of hydrogen-bond donors (Lipinski definition) is 2. The molecule has 0 saturated carbocycles. The van der Waals surface area contributed by atoms with Crippen molar-refractivity contribution < 1.29 is 19.4 Å². The van der Waals surface area contributed by atoms with Crippen LogP contribution in [0.3, 0.4) is 0 Å². The molecule has 0 bridgehead atoms. The van der Waals surface area contributed by atoms with Crippen molar-refractivity contribution in [1.29, 1.82) is 0 Å². The average molecular weight is 311 g/mol. The number of para-hydroxylation sites is 1. The highest BCUT2D eigenvalue weighted by molar-refractivity contribution is 5.91. The van der Waals surface area contributed by atoms with Crippen molar-refractivity contribution in [3.8, 4) is 11.5 Å². The zero-order valence-electron chi connectivity index (χ0n) is 12.4. The Kier molecular flexibility index (Phi) is 4.59. The van der Waals surface area contributed by atoms with E-state index in [-0.39, 0.29) is 19.2 Å². The summed E-state index contributed by atoms with van der Waals surface area (Å²) in [6.07, 6.45) is 2.30. The summed E-state index contributed by atoms with van der Waals surface area (Å²) in [7, 11) is 0. The van der Waals surface area contributed by atoms with E-state index in [9.17, 15) is 9.90 Å². The van der Waals surface area contributed by atoms with E-state index >= 15 is 0 Å². The van der Waals surface area contributed by atoms with Crippen molar-refractivity contribution >= 4 is 12.0 Å². The first-order valence-electron chi connectivity index (χ1n) is 7.31. The van der Waals surface area contributed by atoms with Crippen LogP contribution in [0.4, 0.5) is 0 Å². The van der Waals surface area contributed by atoms with Gasteiger partial charge in [-0.1, -0.05) is 42.5 Å². The molecule has 0 aliphatic carbocycles. The van der Waals surface area contributed by atoms with E-state index in [1.165, 1.54) is 6.08 Å². The monoisotopic (exact) mass is 311 g/mol. The van der Waals surface area contributed by atoms with Gasteiger partial charge in [0.15, 0.2) is 11.5 Å². The fourth-order valence-electron chi connectivity index (χ4n) is 2.32. The van der Waals surface area contributed by atoms with Gasteiger partial charge in [0, 0.05) is 18.2 Å². The first kappa shape index (κ1) is 15.1. The number of aliphatic hydroxyl groups is 1. The maximum absolute atomic E-state index is 11.8. The van der Waals surface area contributed by atoms with Gasteiger partial charge in [0.1, 0.15) is 6.10 Å². The predicted octanol–water partition coefficient (Wildman–Crippen LogP) is 2.28. The summed E-state index contributed by atoms with van der Waals surface area (Å²) >= 11 is 0. The zero-order chi connectivity index (χ0) is 16.1. The molecule has 5 heteroatoms. The number of ether oxygens (including phenoxy) is 2. The molecule has 23 heavy (non-hydrogen) atoms. The molecule has 0 spiro atoms. The van der Waals surface area contributed by atoms with Gasteiger partial charge in [-0.05, 0) is 17.7 Å². The van der Waals surface area contributed by atoms with E-state index in [0.29, 0.717) is 17.1 Å². The van der Waals surface area contributed by atoms with Gasteiger partial charge >= 0.3 is 0 Å². The molecule has 1 heterocycles. The molecule has 2 N–H and O–H groups in total. The minimum absolute atomic E-state index is 0.0950. The average Bonchev–Trinajstić information content (AvgIpc) is 3.07.